The highest BCUT2D eigenvalue weighted by molar-refractivity contribution is 8.18. The summed E-state index contributed by atoms with van der Waals surface area (Å²) in [6.07, 6.45) is 1.12. The van der Waals surface area contributed by atoms with Crippen molar-refractivity contribution >= 4 is 46.7 Å². The van der Waals surface area contributed by atoms with E-state index in [4.69, 9.17) is 28.5 Å². The van der Waals surface area contributed by atoms with Crippen LogP contribution in [0.25, 0.3) is 0 Å². The third kappa shape index (κ3) is 3.10. The number of nitrogens with zero attached hydrogens (tertiary/aromatic N) is 3. The van der Waals surface area contributed by atoms with E-state index in [0.29, 0.717) is 9.82 Å². The smallest absolute Gasteiger partial charge is 0.290 e. The summed E-state index contributed by atoms with van der Waals surface area (Å²) in [5.74, 6) is 0. The SMILES string of the molecule is N#CSCSc1c(Cl)nc(Cl)c[n+]1[O-]. The van der Waals surface area contributed by atoms with Gasteiger partial charge in [-0.25, -0.2) is 4.98 Å². The van der Waals surface area contributed by atoms with Gasteiger partial charge in [-0.05, 0) is 23.5 Å². The Morgan fingerprint density at radius 1 is 1.64 bits per heavy atom. The first-order valence-electron chi connectivity index (χ1n) is 3.24. The van der Waals surface area contributed by atoms with Crippen molar-refractivity contribution in [3.63, 3.8) is 0 Å². The molecule has 0 unspecified atom stereocenters. The molecule has 14 heavy (non-hydrogen) atoms. The fourth-order valence-electron chi connectivity index (χ4n) is 0.652. The Morgan fingerprint density at radius 2 is 2.36 bits per heavy atom. The quantitative estimate of drug-likeness (QED) is 0.210. The zero-order valence-electron chi connectivity index (χ0n) is 6.61. The van der Waals surface area contributed by atoms with E-state index in [1.165, 1.54) is 0 Å². The van der Waals surface area contributed by atoms with Gasteiger partial charge in [0.2, 0.25) is 11.3 Å². The van der Waals surface area contributed by atoms with E-state index in [2.05, 4.69) is 4.98 Å². The highest BCUT2D eigenvalue weighted by Crippen LogP contribution is 2.25. The fraction of sp³-hybridized carbons (Fsp3) is 0.167. The molecule has 74 valence electrons. The molecular formula is C6H3Cl2N3OS2. The van der Waals surface area contributed by atoms with Gasteiger partial charge in [0.1, 0.15) is 5.40 Å². The second-order valence-corrected chi connectivity index (χ2v) is 4.82. The Labute approximate surface area is 98.8 Å². The van der Waals surface area contributed by atoms with Crippen LogP contribution in [0.5, 0.6) is 0 Å². The van der Waals surface area contributed by atoms with Gasteiger partial charge in [-0.15, -0.1) is 0 Å². The minimum absolute atomic E-state index is 0.0438. The fourth-order valence-corrected chi connectivity index (χ4v) is 2.44. The molecule has 0 atom stereocenters. The predicted molar refractivity (Wildman–Crippen MR) is 57.1 cm³/mol. The maximum Gasteiger partial charge on any atom is 0.290 e. The van der Waals surface area contributed by atoms with E-state index in [1.807, 2.05) is 5.40 Å². The van der Waals surface area contributed by atoms with Gasteiger partial charge in [0.25, 0.3) is 5.03 Å². The normalized spacial score (nSPS) is 9.79. The standard InChI is InChI=1S/C6H3Cl2N3OS2/c7-4-1-11(12)6(5(8)10-4)14-3-13-2-9/h1H,3H2. The van der Waals surface area contributed by atoms with Gasteiger partial charge in [0.15, 0.2) is 5.15 Å². The largest absolute Gasteiger partial charge is 0.618 e. The zero-order valence-corrected chi connectivity index (χ0v) is 9.75. The number of halogens is 2. The molecule has 0 saturated heterocycles. The highest BCUT2D eigenvalue weighted by atomic mass is 35.5. The molecule has 0 spiro atoms. The van der Waals surface area contributed by atoms with Gasteiger partial charge in [0, 0.05) is 0 Å². The Balaban J connectivity index is 2.81. The first kappa shape index (κ1) is 11.7. The molecule has 4 nitrogen and oxygen atoms in total. The summed E-state index contributed by atoms with van der Waals surface area (Å²) in [5.41, 5.74) is 0. The lowest BCUT2D eigenvalue weighted by Gasteiger charge is -2.03. The van der Waals surface area contributed by atoms with Crippen LogP contribution in [-0.2, 0) is 0 Å². The van der Waals surface area contributed by atoms with Crippen molar-refractivity contribution in [2.75, 3.05) is 5.08 Å². The lowest BCUT2D eigenvalue weighted by molar-refractivity contribution is -0.645. The van der Waals surface area contributed by atoms with Crippen LogP contribution in [0.2, 0.25) is 10.3 Å². The van der Waals surface area contributed by atoms with Crippen LogP contribution in [-0.4, -0.2) is 10.1 Å². The predicted octanol–water partition coefficient (Wildman–Crippen LogP) is 2.29. The minimum atomic E-state index is 0.0438. The molecule has 0 aliphatic rings. The van der Waals surface area contributed by atoms with E-state index in [-0.39, 0.29) is 15.3 Å². The van der Waals surface area contributed by atoms with Gasteiger partial charge in [0.05, 0.1) is 5.08 Å². The maximum absolute atomic E-state index is 11.2. The first-order valence-corrected chi connectivity index (χ1v) is 5.96. The van der Waals surface area contributed by atoms with E-state index in [9.17, 15) is 5.21 Å². The lowest BCUT2D eigenvalue weighted by Crippen LogP contribution is -2.29. The van der Waals surface area contributed by atoms with E-state index >= 15 is 0 Å². The topological polar surface area (TPSA) is 63.6 Å². The average Bonchev–Trinajstić information content (AvgIpc) is 2.09. The van der Waals surface area contributed by atoms with E-state index < -0.39 is 0 Å². The van der Waals surface area contributed by atoms with Gasteiger partial charge >= 0.3 is 0 Å². The number of hydrogen-bond acceptors (Lipinski definition) is 5. The molecule has 0 aliphatic carbocycles. The number of thiocyanates is 1. The number of aromatic nitrogens is 2. The van der Waals surface area contributed by atoms with Crippen molar-refractivity contribution in [2.24, 2.45) is 0 Å². The van der Waals surface area contributed by atoms with Crippen LogP contribution in [0, 0.1) is 15.9 Å². The highest BCUT2D eigenvalue weighted by Gasteiger charge is 2.14. The second kappa shape index (κ2) is 5.51. The Kier molecular flexibility index (Phi) is 4.62. The van der Waals surface area contributed by atoms with Crippen LogP contribution in [0.4, 0.5) is 0 Å². The number of nitriles is 1. The molecule has 1 rings (SSSR count). The number of rotatable bonds is 3. The number of thioether (sulfide) groups is 2. The molecule has 1 heterocycles. The zero-order chi connectivity index (χ0) is 10.6. The molecule has 0 fully saturated rings. The van der Waals surface area contributed by atoms with Crippen LogP contribution in [0.15, 0.2) is 11.2 Å². The Hall–Kier alpha value is -0.350. The van der Waals surface area contributed by atoms with E-state index in [0.717, 1.165) is 29.7 Å². The first-order chi connectivity index (χ1) is 6.65. The summed E-state index contributed by atoms with van der Waals surface area (Å²) in [5, 5.41) is 22.2. The van der Waals surface area contributed by atoms with Crippen molar-refractivity contribution in [3.8, 4) is 5.40 Å². The van der Waals surface area contributed by atoms with Gasteiger partial charge < -0.3 is 5.21 Å². The molecule has 0 saturated carbocycles. The molecule has 1 aromatic heterocycles. The third-order valence-electron chi connectivity index (χ3n) is 1.12. The Bertz CT molecular complexity index is 359. The van der Waals surface area contributed by atoms with Crippen LogP contribution < -0.4 is 4.73 Å². The molecule has 0 bridgehead atoms. The maximum atomic E-state index is 11.2. The van der Waals surface area contributed by atoms with Crippen LogP contribution >= 0.6 is 46.7 Å². The summed E-state index contributed by atoms with van der Waals surface area (Å²) in [7, 11) is 0. The molecule has 0 amide bonds. The van der Waals surface area contributed by atoms with Crippen molar-refractivity contribution < 1.29 is 4.73 Å². The lowest BCUT2D eigenvalue weighted by atomic mass is 10.7. The minimum Gasteiger partial charge on any atom is -0.618 e. The van der Waals surface area contributed by atoms with Crippen molar-refractivity contribution in [1.82, 2.24) is 4.98 Å². The monoisotopic (exact) mass is 267 g/mol. The van der Waals surface area contributed by atoms with Crippen LogP contribution in [0.3, 0.4) is 0 Å². The summed E-state index contributed by atoms with van der Waals surface area (Å²) in [4.78, 5) is 3.71. The molecule has 0 aliphatic heterocycles. The van der Waals surface area contributed by atoms with Gasteiger partial charge in [-0.3, -0.25) is 0 Å². The molecular weight excluding hydrogens is 265 g/mol. The molecule has 8 heteroatoms. The number of hydrogen-bond donors (Lipinski definition) is 0. The average molecular weight is 268 g/mol. The molecule has 0 radical (unpaired) electrons. The van der Waals surface area contributed by atoms with Gasteiger partial charge in [-0.1, -0.05) is 23.2 Å². The summed E-state index contributed by atoms with van der Waals surface area (Å²) < 4.78 is 0.542. The summed E-state index contributed by atoms with van der Waals surface area (Å²) in [6.45, 7) is 0. The second-order valence-electron chi connectivity index (χ2n) is 1.98. The molecule has 0 N–H and O–H groups in total. The van der Waals surface area contributed by atoms with Crippen molar-refractivity contribution in [1.29, 1.82) is 5.26 Å². The van der Waals surface area contributed by atoms with Crippen molar-refractivity contribution in [3.05, 3.63) is 21.7 Å². The van der Waals surface area contributed by atoms with Gasteiger partial charge in [-0.2, -0.15) is 9.99 Å². The summed E-state index contributed by atoms with van der Waals surface area (Å²) in [6, 6.07) is 0. The van der Waals surface area contributed by atoms with Crippen LogP contribution in [0.1, 0.15) is 0 Å². The van der Waals surface area contributed by atoms with E-state index in [1.54, 1.807) is 0 Å². The third-order valence-corrected chi connectivity index (χ3v) is 3.40. The molecule has 0 aromatic carbocycles. The Morgan fingerprint density at radius 3 is 2.93 bits per heavy atom. The molecule has 1 aromatic rings. The summed E-state index contributed by atoms with van der Waals surface area (Å²) >= 11 is 13.4. The van der Waals surface area contributed by atoms with Crippen molar-refractivity contribution in [2.45, 2.75) is 5.03 Å².